The van der Waals surface area contributed by atoms with Gasteiger partial charge in [-0.1, -0.05) is 172 Å². The second-order valence-electron chi connectivity index (χ2n) is 37.3. The Bertz CT molecular complexity index is 4150. The summed E-state index contributed by atoms with van der Waals surface area (Å²) < 4.78 is 45.1. The molecular formula is C99H126O14. The van der Waals surface area contributed by atoms with Crippen molar-refractivity contribution >= 4 is 17.9 Å². The molecule has 113 heavy (non-hydrogen) atoms. The van der Waals surface area contributed by atoms with E-state index in [9.17, 15) is 29.7 Å². The number of carboxylic acids is 1. The quantitative estimate of drug-likeness (QED) is 0.0343. The molecular weight excluding hydrogens is 1410 g/mol. The fourth-order valence-electron chi connectivity index (χ4n) is 19.1. The Morgan fingerprint density at radius 3 is 0.973 bits per heavy atom. The Hall–Kier alpha value is -8.01. The third-order valence-corrected chi connectivity index (χ3v) is 27.1. The highest BCUT2D eigenvalue weighted by molar-refractivity contribution is 5.77. The van der Waals surface area contributed by atoms with Crippen LogP contribution in [0.15, 0.2) is 152 Å². The number of carbonyl (C=O) groups is 3. The van der Waals surface area contributed by atoms with Crippen molar-refractivity contribution in [2.45, 2.75) is 257 Å². The summed E-state index contributed by atoms with van der Waals surface area (Å²) in [6.45, 7) is 31.0. The number of carbonyl (C=O) groups excluding carboxylic acids is 2. The molecule has 0 radical (unpaired) electrons. The minimum Gasteiger partial charge on any atom is -0.491 e. The monoisotopic (exact) mass is 1540 g/mol. The molecule has 606 valence electrons. The van der Waals surface area contributed by atoms with Crippen molar-refractivity contribution in [3.63, 3.8) is 0 Å². The van der Waals surface area contributed by atoms with Crippen molar-refractivity contribution in [2.75, 3.05) is 52.9 Å². The predicted octanol–water partition coefficient (Wildman–Crippen LogP) is 20.2. The highest BCUT2D eigenvalue weighted by Crippen LogP contribution is 2.55. The highest BCUT2D eigenvalue weighted by Gasteiger charge is 2.49. The smallest absolute Gasteiger partial charge is 0.311 e. The van der Waals surface area contributed by atoms with Gasteiger partial charge in [0, 0.05) is 10.8 Å². The fraction of sp³-hybridized carbons (Fsp3) is 0.545. The van der Waals surface area contributed by atoms with E-state index in [0.29, 0.717) is 78.0 Å². The van der Waals surface area contributed by atoms with Gasteiger partial charge < -0.3 is 53.2 Å². The number of epoxide rings is 2. The van der Waals surface area contributed by atoms with Crippen molar-refractivity contribution < 1.29 is 67.6 Å². The van der Waals surface area contributed by atoms with Gasteiger partial charge in [-0.25, -0.2) is 0 Å². The van der Waals surface area contributed by atoms with Crippen LogP contribution in [0.3, 0.4) is 0 Å². The second-order valence-corrected chi connectivity index (χ2v) is 37.3. The van der Waals surface area contributed by atoms with Gasteiger partial charge in [-0.05, 0) is 291 Å². The van der Waals surface area contributed by atoms with E-state index in [1.54, 1.807) is 0 Å². The maximum absolute atomic E-state index is 13.4. The Balaban J connectivity index is 0.000000194. The number of ether oxygens (including phenoxy) is 8. The number of hydrogen-bond donors (Lipinski definition) is 3. The van der Waals surface area contributed by atoms with Crippen molar-refractivity contribution in [3.8, 4) is 23.0 Å². The molecule has 6 aliphatic carbocycles. The van der Waals surface area contributed by atoms with E-state index in [1.165, 1.54) is 61.2 Å². The number of fused-ring (bicyclic) bond motifs is 9. The zero-order valence-electron chi connectivity index (χ0n) is 69.5. The normalized spacial score (nSPS) is 25.8. The third-order valence-electron chi connectivity index (χ3n) is 27.1. The number of hydrogen-bond acceptors (Lipinski definition) is 13. The number of aliphatic carboxylic acids is 1. The summed E-state index contributed by atoms with van der Waals surface area (Å²) in [6, 6.07) is 53.4. The van der Waals surface area contributed by atoms with Crippen molar-refractivity contribution in [1.29, 1.82) is 0 Å². The number of aryl methyl sites for hydroxylation is 3. The van der Waals surface area contributed by atoms with Crippen LogP contribution >= 0.6 is 0 Å². The lowest BCUT2D eigenvalue weighted by Gasteiger charge is -2.44. The van der Waals surface area contributed by atoms with E-state index in [2.05, 4.69) is 148 Å². The number of aliphatic hydroxyl groups is 2. The van der Waals surface area contributed by atoms with Gasteiger partial charge in [-0.15, -0.1) is 0 Å². The molecule has 0 bridgehead atoms. The number of rotatable bonds is 26. The summed E-state index contributed by atoms with van der Waals surface area (Å²) in [4.78, 5) is 38.4. The molecule has 14 heteroatoms. The molecule has 13 unspecified atom stereocenters. The molecule has 3 saturated carbocycles. The van der Waals surface area contributed by atoms with Gasteiger partial charge in [0.2, 0.25) is 0 Å². The minimum atomic E-state index is -0.943. The largest absolute Gasteiger partial charge is 0.491 e. The summed E-state index contributed by atoms with van der Waals surface area (Å²) >= 11 is 0. The molecule has 13 atom stereocenters. The van der Waals surface area contributed by atoms with Gasteiger partial charge in [-0.2, -0.15) is 0 Å². The molecule has 7 aromatic carbocycles. The first kappa shape index (κ1) is 83.0. The average Bonchev–Trinajstić information content (AvgIpc) is 1.37. The lowest BCUT2D eigenvalue weighted by Crippen LogP contribution is -2.40. The Morgan fingerprint density at radius 2 is 0.690 bits per heavy atom. The lowest BCUT2D eigenvalue weighted by atomic mass is 9.60. The predicted molar refractivity (Wildman–Crippen MR) is 444 cm³/mol. The molecule has 0 amide bonds. The molecule has 2 heterocycles. The summed E-state index contributed by atoms with van der Waals surface area (Å²) in [7, 11) is 0. The Morgan fingerprint density at radius 1 is 0.407 bits per heavy atom. The van der Waals surface area contributed by atoms with E-state index in [0.717, 1.165) is 132 Å². The summed E-state index contributed by atoms with van der Waals surface area (Å²) in [5.74, 6) is 6.66. The molecule has 3 N–H and O–H groups in total. The molecule has 2 aliphatic heterocycles. The standard InChI is InChI=1S/C59H76O8.C21H24O4.C19H26O2/c1-37(2)39-13-23-51-41(29-39)9-11-43-31-58(7,27-25-53(43)51)55(62)66-35-47(60)33-64-49-19-15-45(16-20-49)57(5,6)46-17-21-50(22-18-46)65-34-48(61)36-67-56(63)59(8)28-26-54-44(32-59)12-10-42-30-40(38(3)4)14-24-52(42)54;1-21(2,15-3-7-17(8-4-15)22-11-19-13-24-19)16-5-9-18(10-6-16)23-12-20-14-25-20;1-12(2)13-6-7-16-14(10-13)4-5-15-11-19(3,18(20)21)9-8-17(15)16/h13-24,29-30,37-38,43-44,47-48,53-54,60-61H,9-12,25-28,31-36H2,1-8H3;3-10,19-20H,11-14H2,1-2H3;6-7,10,12,15,17H,4-5,8-9,11H2,1-3H3,(H,20,21). The summed E-state index contributed by atoms with van der Waals surface area (Å²) in [6.07, 6.45) is 13.1. The molecule has 8 aliphatic rings. The van der Waals surface area contributed by atoms with Gasteiger partial charge in [0.1, 0.15) is 87.1 Å². The van der Waals surface area contributed by atoms with E-state index in [1.807, 2.05) is 93.6 Å². The zero-order chi connectivity index (χ0) is 80.2. The third kappa shape index (κ3) is 19.9. The van der Waals surface area contributed by atoms with Crippen LogP contribution < -0.4 is 18.9 Å². The van der Waals surface area contributed by atoms with Crippen LogP contribution in [-0.4, -0.2) is 110 Å². The first-order chi connectivity index (χ1) is 53.9. The summed E-state index contributed by atoms with van der Waals surface area (Å²) in [5, 5.41) is 31.0. The number of esters is 2. The maximum atomic E-state index is 13.4. The highest BCUT2D eigenvalue weighted by atomic mass is 16.6. The van der Waals surface area contributed by atoms with Gasteiger partial charge in [0.25, 0.3) is 0 Å². The van der Waals surface area contributed by atoms with Gasteiger partial charge in [0.05, 0.1) is 29.5 Å². The lowest BCUT2D eigenvalue weighted by molar-refractivity contribution is -0.162. The molecule has 7 aromatic rings. The number of aliphatic hydroxyl groups excluding tert-OH is 2. The summed E-state index contributed by atoms with van der Waals surface area (Å²) in [5.41, 5.74) is 15.8. The molecule has 2 saturated heterocycles. The molecule has 0 aromatic heterocycles. The van der Waals surface area contributed by atoms with Crippen LogP contribution in [0.5, 0.6) is 23.0 Å². The van der Waals surface area contributed by atoms with Crippen LogP contribution in [0.1, 0.15) is 275 Å². The van der Waals surface area contributed by atoms with E-state index < -0.39 is 34.4 Å². The van der Waals surface area contributed by atoms with Gasteiger partial charge in [-0.3, -0.25) is 14.4 Å². The van der Waals surface area contributed by atoms with Crippen LogP contribution in [-0.2, 0) is 63.4 Å². The van der Waals surface area contributed by atoms with Crippen LogP contribution in [0.4, 0.5) is 0 Å². The van der Waals surface area contributed by atoms with Crippen LogP contribution in [0.2, 0.25) is 0 Å². The van der Waals surface area contributed by atoms with Crippen LogP contribution in [0, 0.1) is 34.0 Å². The minimum absolute atomic E-state index is 0.0145. The zero-order valence-corrected chi connectivity index (χ0v) is 69.5. The number of carboxylic acid groups (broad SMARTS) is 1. The maximum Gasteiger partial charge on any atom is 0.311 e. The van der Waals surface area contributed by atoms with Crippen LogP contribution in [0.25, 0.3) is 0 Å². The van der Waals surface area contributed by atoms with Crippen molar-refractivity contribution in [2.24, 2.45) is 34.0 Å². The van der Waals surface area contributed by atoms with E-state index in [-0.39, 0.29) is 61.4 Å². The average molecular weight is 1540 g/mol. The molecule has 14 nitrogen and oxygen atoms in total. The number of benzene rings is 7. The van der Waals surface area contributed by atoms with Crippen molar-refractivity contribution in [1.82, 2.24) is 0 Å². The van der Waals surface area contributed by atoms with Gasteiger partial charge in [0.15, 0.2) is 0 Å². The Kier molecular flexibility index (Phi) is 25.8. The van der Waals surface area contributed by atoms with Crippen molar-refractivity contribution in [3.05, 3.63) is 224 Å². The molecule has 0 spiro atoms. The van der Waals surface area contributed by atoms with Gasteiger partial charge >= 0.3 is 17.9 Å². The molecule has 5 fully saturated rings. The first-order valence-corrected chi connectivity index (χ1v) is 42.4. The molecule has 15 rings (SSSR count). The Labute approximate surface area is 672 Å². The fourth-order valence-corrected chi connectivity index (χ4v) is 19.1. The second kappa shape index (κ2) is 35.2. The topological polar surface area (TPSA) is 192 Å². The SMILES string of the molecule is CC(C)(c1ccc(OCC2CO2)cc1)c1ccc(OCC2CO2)cc1.CC(C)c1ccc2c(c1)CCC1CC(C)(C(=O)O)CCC21.CC(C)c1ccc2c(c1)CCC1CC(C)(C(=O)OCC(O)COc3ccc(C(C)(C)c4ccc(OCC(O)COC(=O)C5(C)CCC6c7ccc(C(C)C)cc7CCC6C5)cc4)cc3)CCC21. The van der Waals surface area contributed by atoms with E-state index in [4.69, 9.17) is 37.9 Å². The first-order valence-electron chi connectivity index (χ1n) is 42.4. The van der Waals surface area contributed by atoms with E-state index >= 15 is 0 Å².